The minimum Gasteiger partial charge on any atom is -0.462 e. The maximum Gasteiger partial charge on any atom is 0.306 e. The second-order valence-corrected chi connectivity index (χ2v) is 20.9. The Morgan fingerprint density at radius 2 is 0.481 bits per heavy atom. The Bertz CT molecular complexity index is 1860. The molecule has 0 aliphatic rings. The van der Waals surface area contributed by atoms with Crippen LogP contribution in [0, 0.1) is 0 Å². The summed E-state index contributed by atoms with van der Waals surface area (Å²) in [6, 6.07) is 0. The monoisotopic (exact) mass is 1110 g/mol. The molecule has 0 aromatic heterocycles. The van der Waals surface area contributed by atoms with E-state index in [9.17, 15) is 14.4 Å². The van der Waals surface area contributed by atoms with Gasteiger partial charge in [-0.2, -0.15) is 0 Å². The van der Waals surface area contributed by atoms with Crippen molar-refractivity contribution in [2.24, 2.45) is 0 Å². The van der Waals surface area contributed by atoms with Crippen LogP contribution in [0.25, 0.3) is 0 Å². The zero-order valence-corrected chi connectivity index (χ0v) is 52.0. The topological polar surface area (TPSA) is 78.9 Å². The summed E-state index contributed by atoms with van der Waals surface area (Å²) in [7, 11) is 0. The van der Waals surface area contributed by atoms with E-state index in [2.05, 4.69) is 191 Å². The van der Waals surface area contributed by atoms with Crippen molar-refractivity contribution in [1.29, 1.82) is 0 Å². The molecule has 0 fully saturated rings. The lowest BCUT2D eigenvalue weighted by molar-refractivity contribution is -0.167. The van der Waals surface area contributed by atoms with E-state index in [1.807, 2.05) is 0 Å². The summed E-state index contributed by atoms with van der Waals surface area (Å²) in [6.07, 6.45) is 99.2. The molecule has 0 heterocycles. The van der Waals surface area contributed by atoms with E-state index in [1.165, 1.54) is 70.6 Å². The quantitative estimate of drug-likeness (QED) is 0.0261. The number of hydrogen-bond acceptors (Lipinski definition) is 6. The highest BCUT2D eigenvalue weighted by Gasteiger charge is 2.19. The molecule has 0 aromatic carbocycles. The lowest BCUT2D eigenvalue weighted by atomic mass is 10.1. The van der Waals surface area contributed by atoms with Gasteiger partial charge in [0.25, 0.3) is 0 Å². The first-order valence-electron chi connectivity index (χ1n) is 32.6. The molecule has 0 N–H and O–H groups in total. The maximum absolute atomic E-state index is 12.9. The highest BCUT2D eigenvalue weighted by molar-refractivity contribution is 5.71. The predicted molar refractivity (Wildman–Crippen MR) is 352 cm³/mol. The van der Waals surface area contributed by atoms with Crippen molar-refractivity contribution < 1.29 is 28.6 Å². The Labute approximate surface area is 498 Å². The molecule has 0 radical (unpaired) electrons. The largest absolute Gasteiger partial charge is 0.462 e. The summed E-state index contributed by atoms with van der Waals surface area (Å²) in [4.78, 5) is 38.4. The number of rotatable bonds is 57. The molecular formula is C75H118O6. The molecule has 0 aliphatic carbocycles. The lowest BCUT2D eigenvalue weighted by Crippen LogP contribution is -2.30. The van der Waals surface area contributed by atoms with E-state index in [-0.39, 0.29) is 37.5 Å². The van der Waals surface area contributed by atoms with Gasteiger partial charge < -0.3 is 14.2 Å². The summed E-state index contributed by atoms with van der Waals surface area (Å²) >= 11 is 0. The van der Waals surface area contributed by atoms with Crippen molar-refractivity contribution in [1.82, 2.24) is 0 Å². The normalized spacial score (nSPS) is 13.3. The van der Waals surface area contributed by atoms with Crippen molar-refractivity contribution in [2.75, 3.05) is 13.2 Å². The first-order chi connectivity index (χ1) is 40.0. The molecule has 0 saturated carbocycles. The van der Waals surface area contributed by atoms with Crippen molar-refractivity contribution >= 4 is 17.9 Å². The molecule has 454 valence electrons. The van der Waals surface area contributed by atoms with Gasteiger partial charge in [-0.05, 0) is 154 Å². The van der Waals surface area contributed by atoms with E-state index in [4.69, 9.17) is 14.2 Å². The summed E-state index contributed by atoms with van der Waals surface area (Å²) < 4.78 is 16.9. The van der Waals surface area contributed by atoms with Crippen molar-refractivity contribution in [3.8, 4) is 0 Å². The average molecular weight is 1120 g/mol. The molecule has 0 aliphatic heterocycles. The SMILES string of the molecule is CC/C=C\C/C=C\C/C=C\C/C=C\C/C=C\C/C=C\CCCCC(=O)OC(COC(=O)CCCCC/C=C\C/C=C\C/C=C\C/C=C\C/C=C\CC)COC(=O)CCCCCCCCCC/C=C\C/C=C\C/C=C\CCCCCCC. The molecule has 0 aromatic rings. The minimum atomic E-state index is -0.830. The number of allylic oxidation sites excluding steroid dienone is 28. The third kappa shape index (κ3) is 65.5. The number of ether oxygens (including phenoxy) is 3. The predicted octanol–water partition coefficient (Wildman–Crippen LogP) is 22.7. The first kappa shape index (κ1) is 75.8. The van der Waals surface area contributed by atoms with Crippen molar-refractivity contribution in [3.63, 3.8) is 0 Å². The van der Waals surface area contributed by atoms with Crippen LogP contribution in [0.5, 0.6) is 0 Å². The van der Waals surface area contributed by atoms with Crippen molar-refractivity contribution in [2.45, 2.75) is 271 Å². The second-order valence-electron chi connectivity index (χ2n) is 20.9. The standard InChI is InChI=1S/C75H118O6/c1-4-7-10-13-16-19-22-25-28-31-34-36-37-39-41-44-47-50-53-56-59-62-65-68-74(77)80-71-72(70-79-73(76)67-64-61-58-55-52-49-46-43-40-33-30-27-24-21-18-15-12-9-6-3)81-75(78)69-66-63-60-57-54-51-48-45-42-38-35-32-29-26-23-20-17-14-11-8-5-2/h8-9,11-12,17-18,20-22,25-27,29-31,34-35,37-40,43,45,48-49,52,54,57,72H,4-7,10,13-16,19,23-24,28,32-33,36,41-42,44,46-47,50-51,53,55-56,58-71H2,1-3H3/b11-8-,12-9-,20-17-,21-18-,25-22-,29-26-,30-27-,34-31-,38-35-,39-37-,43-40-,48-45-,52-49-,57-54-. The van der Waals surface area contributed by atoms with E-state index in [1.54, 1.807) is 0 Å². The lowest BCUT2D eigenvalue weighted by Gasteiger charge is -2.18. The Morgan fingerprint density at radius 3 is 0.790 bits per heavy atom. The van der Waals surface area contributed by atoms with Gasteiger partial charge in [-0.1, -0.05) is 262 Å². The third-order valence-corrected chi connectivity index (χ3v) is 13.2. The van der Waals surface area contributed by atoms with Crippen LogP contribution in [0.4, 0.5) is 0 Å². The van der Waals surface area contributed by atoms with Crippen LogP contribution in [-0.4, -0.2) is 37.2 Å². The van der Waals surface area contributed by atoms with E-state index < -0.39 is 6.10 Å². The highest BCUT2D eigenvalue weighted by Crippen LogP contribution is 2.14. The fraction of sp³-hybridized carbons (Fsp3) is 0.587. The molecule has 0 rings (SSSR count). The Balaban J connectivity index is 4.57. The molecule has 0 amide bonds. The fourth-order valence-corrected chi connectivity index (χ4v) is 8.36. The van der Waals surface area contributed by atoms with Crippen LogP contribution in [0.3, 0.4) is 0 Å². The first-order valence-corrected chi connectivity index (χ1v) is 32.6. The van der Waals surface area contributed by atoms with Crippen LogP contribution in [0.1, 0.15) is 265 Å². The fourth-order valence-electron chi connectivity index (χ4n) is 8.36. The molecule has 1 unspecified atom stereocenters. The number of hydrogen-bond donors (Lipinski definition) is 0. The van der Waals surface area contributed by atoms with Gasteiger partial charge in [0.2, 0.25) is 0 Å². The summed E-state index contributed by atoms with van der Waals surface area (Å²) in [5, 5.41) is 0. The Kier molecular flexibility index (Phi) is 62.9. The van der Waals surface area contributed by atoms with Gasteiger partial charge in [0.1, 0.15) is 13.2 Å². The Morgan fingerprint density at radius 1 is 0.259 bits per heavy atom. The van der Waals surface area contributed by atoms with E-state index in [0.29, 0.717) is 19.3 Å². The van der Waals surface area contributed by atoms with Gasteiger partial charge in [-0.3, -0.25) is 14.4 Å². The molecule has 6 heteroatoms. The van der Waals surface area contributed by atoms with Gasteiger partial charge in [0.05, 0.1) is 0 Å². The summed E-state index contributed by atoms with van der Waals surface area (Å²) in [5.41, 5.74) is 0. The minimum absolute atomic E-state index is 0.119. The van der Waals surface area contributed by atoms with Crippen LogP contribution < -0.4 is 0 Å². The average Bonchev–Trinajstić information content (AvgIpc) is 3.47. The maximum atomic E-state index is 12.9. The van der Waals surface area contributed by atoms with Gasteiger partial charge >= 0.3 is 17.9 Å². The van der Waals surface area contributed by atoms with Crippen LogP contribution >= 0.6 is 0 Å². The molecule has 81 heavy (non-hydrogen) atoms. The van der Waals surface area contributed by atoms with Gasteiger partial charge in [-0.15, -0.1) is 0 Å². The number of carbonyl (C=O) groups excluding carboxylic acids is 3. The van der Waals surface area contributed by atoms with Gasteiger partial charge in [0.15, 0.2) is 6.10 Å². The number of carbonyl (C=O) groups is 3. The second kappa shape index (κ2) is 67.3. The number of unbranched alkanes of at least 4 members (excludes halogenated alkanes) is 18. The van der Waals surface area contributed by atoms with Crippen LogP contribution in [0.2, 0.25) is 0 Å². The van der Waals surface area contributed by atoms with Crippen LogP contribution in [0.15, 0.2) is 170 Å². The zero-order valence-electron chi connectivity index (χ0n) is 52.0. The van der Waals surface area contributed by atoms with E-state index in [0.717, 1.165) is 148 Å². The molecule has 0 bridgehead atoms. The summed E-state index contributed by atoms with van der Waals surface area (Å²) in [6.45, 7) is 6.33. The van der Waals surface area contributed by atoms with E-state index >= 15 is 0 Å². The molecule has 0 saturated heterocycles. The summed E-state index contributed by atoms with van der Waals surface area (Å²) in [5.74, 6) is -1.01. The highest BCUT2D eigenvalue weighted by atomic mass is 16.6. The third-order valence-electron chi connectivity index (χ3n) is 13.2. The molecule has 6 nitrogen and oxygen atoms in total. The van der Waals surface area contributed by atoms with Gasteiger partial charge in [0, 0.05) is 19.3 Å². The Hall–Kier alpha value is -5.23. The zero-order chi connectivity index (χ0) is 58.5. The smallest absolute Gasteiger partial charge is 0.306 e. The van der Waals surface area contributed by atoms with Crippen LogP contribution in [-0.2, 0) is 28.6 Å². The molecule has 0 spiro atoms. The van der Waals surface area contributed by atoms with Gasteiger partial charge in [-0.25, -0.2) is 0 Å². The molecule has 1 atom stereocenters. The molecular weight excluding hydrogens is 997 g/mol. The van der Waals surface area contributed by atoms with Crippen molar-refractivity contribution in [3.05, 3.63) is 170 Å². The number of esters is 3.